The van der Waals surface area contributed by atoms with Crippen molar-refractivity contribution in [1.82, 2.24) is 0 Å². The molecule has 0 aliphatic heterocycles. The lowest BCUT2D eigenvalue weighted by Gasteiger charge is -2.16. The highest BCUT2D eigenvalue weighted by Gasteiger charge is 2.26. The van der Waals surface area contributed by atoms with E-state index in [1.165, 1.54) is 18.4 Å². The average Bonchev–Trinajstić information content (AvgIpc) is 2.64. The van der Waals surface area contributed by atoms with E-state index in [1.807, 2.05) is 19.9 Å². The first-order valence-corrected chi connectivity index (χ1v) is 6.51. The molecule has 2 rings (SSSR count). The van der Waals surface area contributed by atoms with Crippen LogP contribution in [0.4, 0.5) is 0 Å². The highest BCUT2D eigenvalue weighted by Crippen LogP contribution is 2.38. The lowest BCUT2D eigenvalue weighted by Crippen LogP contribution is -2.08. The van der Waals surface area contributed by atoms with Crippen molar-refractivity contribution in [2.75, 3.05) is 0 Å². The maximum Gasteiger partial charge on any atom is 0.119 e. The van der Waals surface area contributed by atoms with E-state index >= 15 is 0 Å². The van der Waals surface area contributed by atoms with Crippen LogP contribution in [0.5, 0.6) is 5.75 Å². The largest absolute Gasteiger partial charge is 0.491 e. The first-order chi connectivity index (χ1) is 7.66. The molecule has 1 aromatic carbocycles. The molecule has 1 aliphatic rings. The second-order valence-electron chi connectivity index (χ2n) is 4.79. The van der Waals surface area contributed by atoms with Crippen molar-refractivity contribution in [2.45, 2.75) is 50.5 Å². The number of hydrogen-bond acceptors (Lipinski definition) is 1. The minimum atomic E-state index is 0.227. The number of benzene rings is 1. The fraction of sp³-hybridized carbons (Fsp3) is 0.571. The highest BCUT2D eigenvalue weighted by molar-refractivity contribution is 6.21. The summed E-state index contributed by atoms with van der Waals surface area (Å²) in [6, 6.07) is 8.39. The quantitative estimate of drug-likeness (QED) is 0.712. The summed E-state index contributed by atoms with van der Waals surface area (Å²) in [5.41, 5.74) is 1.33. The third-order valence-corrected chi connectivity index (χ3v) is 3.61. The molecule has 2 heteroatoms. The lowest BCUT2D eigenvalue weighted by atomic mass is 9.97. The van der Waals surface area contributed by atoms with Gasteiger partial charge in [-0.1, -0.05) is 18.6 Å². The van der Waals surface area contributed by atoms with Crippen LogP contribution >= 0.6 is 11.6 Å². The van der Waals surface area contributed by atoms with Crippen molar-refractivity contribution in [3.63, 3.8) is 0 Å². The van der Waals surface area contributed by atoms with Crippen LogP contribution in [0.1, 0.15) is 44.6 Å². The average molecular weight is 239 g/mol. The summed E-state index contributed by atoms with van der Waals surface area (Å²) in [6.45, 7) is 4.10. The van der Waals surface area contributed by atoms with Gasteiger partial charge >= 0.3 is 0 Å². The van der Waals surface area contributed by atoms with Crippen LogP contribution in [-0.2, 0) is 0 Å². The summed E-state index contributed by atoms with van der Waals surface area (Å²) in [7, 11) is 0. The number of alkyl halides is 1. The van der Waals surface area contributed by atoms with E-state index < -0.39 is 0 Å². The van der Waals surface area contributed by atoms with E-state index in [9.17, 15) is 0 Å². The standard InChI is InChI=1S/C14H19ClO/c1-10(2)16-12-6-3-5-11(9-12)13-7-4-8-14(13)15/h3,5-6,9-10,13-14H,4,7-8H2,1-2H3. The lowest BCUT2D eigenvalue weighted by molar-refractivity contribution is 0.242. The molecule has 0 saturated heterocycles. The molecule has 0 radical (unpaired) electrons. The molecule has 1 fully saturated rings. The van der Waals surface area contributed by atoms with Gasteiger partial charge in [-0.05, 0) is 44.4 Å². The molecule has 0 spiro atoms. The molecular formula is C14H19ClO. The molecule has 1 aliphatic carbocycles. The zero-order valence-electron chi connectivity index (χ0n) is 9.95. The van der Waals surface area contributed by atoms with Gasteiger partial charge in [0.15, 0.2) is 0 Å². The Bertz CT molecular complexity index is 348. The number of hydrogen-bond donors (Lipinski definition) is 0. The molecular weight excluding hydrogens is 220 g/mol. The maximum absolute atomic E-state index is 6.33. The second-order valence-corrected chi connectivity index (χ2v) is 5.35. The molecule has 1 aromatic rings. The summed E-state index contributed by atoms with van der Waals surface area (Å²) in [5.74, 6) is 1.47. The van der Waals surface area contributed by atoms with Crippen LogP contribution in [-0.4, -0.2) is 11.5 Å². The highest BCUT2D eigenvalue weighted by atomic mass is 35.5. The molecule has 0 aromatic heterocycles. The van der Waals surface area contributed by atoms with Crippen molar-refractivity contribution in [1.29, 1.82) is 0 Å². The van der Waals surface area contributed by atoms with E-state index in [-0.39, 0.29) is 6.10 Å². The topological polar surface area (TPSA) is 9.23 Å². The predicted molar refractivity (Wildman–Crippen MR) is 68.4 cm³/mol. The van der Waals surface area contributed by atoms with Crippen molar-refractivity contribution >= 4 is 11.6 Å². The van der Waals surface area contributed by atoms with Crippen LogP contribution in [0.2, 0.25) is 0 Å². The Morgan fingerprint density at radius 1 is 1.31 bits per heavy atom. The van der Waals surface area contributed by atoms with Gasteiger partial charge < -0.3 is 4.74 Å². The Morgan fingerprint density at radius 2 is 2.12 bits per heavy atom. The van der Waals surface area contributed by atoms with Crippen molar-refractivity contribution < 1.29 is 4.74 Å². The molecule has 0 bridgehead atoms. The number of ether oxygens (including phenoxy) is 1. The van der Waals surface area contributed by atoms with Crippen LogP contribution in [0.3, 0.4) is 0 Å². The molecule has 0 amide bonds. The van der Waals surface area contributed by atoms with Crippen LogP contribution in [0.25, 0.3) is 0 Å². The van der Waals surface area contributed by atoms with Gasteiger partial charge in [0, 0.05) is 11.3 Å². The van der Waals surface area contributed by atoms with E-state index in [2.05, 4.69) is 18.2 Å². The van der Waals surface area contributed by atoms with E-state index in [1.54, 1.807) is 0 Å². The van der Waals surface area contributed by atoms with Gasteiger partial charge in [0.2, 0.25) is 0 Å². The van der Waals surface area contributed by atoms with Crippen LogP contribution < -0.4 is 4.74 Å². The van der Waals surface area contributed by atoms with Gasteiger partial charge in [-0.3, -0.25) is 0 Å². The molecule has 2 atom stereocenters. The molecule has 16 heavy (non-hydrogen) atoms. The molecule has 88 valence electrons. The SMILES string of the molecule is CC(C)Oc1cccc(C2CCCC2Cl)c1. The predicted octanol–water partition coefficient (Wildman–Crippen LogP) is 4.35. The van der Waals surface area contributed by atoms with Gasteiger partial charge in [0.25, 0.3) is 0 Å². The van der Waals surface area contributed by atoms with Crippen LogP contribution in [0.15, 0.2) is 24.3 Å². The summed E-state index contributed by atoms with van der Waals surface area (Å²) < 4.78 is 5.71. The van der Waals surface area contributed by atoms with Gasteiger partial charge in [0.1, 0.15) is 5.75 Å². The monoisotopic (exact) mass is 238 g/mol. The molecule has 0 heterocycles. The summed E-state index contributed by atoms with van der Waals surface area (Å²) >= 11 is 6.33. The van der Waals surface area contributed by atoms with E-state index in [0.29, 0.717) is 11.3 Å². The van der Waals surface area contributed by atoms with Gasteiger partial charge in [-0.25, -0.2) is 0 Å². The third kappa shape index (κ3) is 2.70. The third-order valence-electron chi connectivity index (χ3n) is 3.09. The first kappa shape index (κ1) is 11.8. The Kier molecular flexibility index (Phi) is 3.75. The van der Waals surface area contributed by atoms with E-state index in [0.717, 1.165) is 12.2 Å². The summed E-state index contributed by atoms with van der Waals surface area (Å²) in [6.07, 6.45) is 3.82. The first-order valence-electron chi connectivity index (χ1n) is 6.07. The minimum absolute atomic E-state index is 0.227. The Hall–Kier alpha value is -0.690. The smallest absolute Gasteiger partial charge is 0.119 e. The molecule has 2 unspecified atom stereocenters. The fourth-order valence-electron chi connectivity index (χ4n) is 2.38. The molecule has 0 N–H and O–H groups in total. The number of rotatable bonds is 3. The van der Waals surface area contributed by atoms with Crippen LogP contribution in [0, 0.1) is 0 Å². The zero-order valence-corrected chi connectivity index (χ0v) is 10.7. The van der Waals surface area contributed by atoms with Gasteiger partial charge in [0.05, 0.1) is 6.10 Å². The second kappa shape index (κ2) is 5.09. The molecule has 1 nitrogen and oxygen atoms in total. The van der Waals surface area contributed by atoms with Gasteiger partial charge in [-0.15, -0.1) is 11.6 Å². The normalized spacial score (nSPS) is 25.0. The minimum Gasteiger partial charge on any atom is -0.491 e. The van der Waals surface area contributed by atoms with E-state index in [4.69, 9.17) is 16.3 Å². The van der Waals surface area contributed by atoms with Gasteiger partial charge in [-0.2, -0.15) is 0 Å². The maximum atomic E-state index is 6.33. The summed E-state index contributed by atoms with van der Waals surface area (Å²) in [5, 5.41) is 0.300. The van der Waals surface area contributed by atoms with Crippen molar-refractivity contribution in [3.05, 3.63) is 29.8 Å². The fourth-order valence-corrected chi connectivity index (χ4v) is 2.81. The zero-order chi connectivity index (χ0) is 11.5. The summed E-state index contributed by atoms with van der Waals surface area (Å²) in [4.78, 5) is 0. The number of halogens is 1. The molecule has 1 saturated carbocycles. The Balaban J connectivity index is 2.15. The Morgan fingerprint density at radius 3 is 2.75 bits per heavy atom. The Labute approximate surface area is 103 Å². The van der Waals surface area contributed by atoms with Crippen molar-refractivity contribution in [3.8, 4) is 5.75 Å². The van der Waals surface area contributed by atoms with Crippen molar-refractivity contribution in [2.24, 2.45) is 0 Å².